The van der Waals surface area contributed by atoms with Crippen LogP contribution in [0.25, 0.3) is 0 Å². The Balaban J connectivity index is 1.99. The molecule has 0 unspecified atom stereocenters. The maximum atomic E-state index is 8.79. The maximum Gasteiger partial charge on any atom is 0.142 e. The molecule has 0 saturated heterocycles. The third-order valence-electron chi connectivity index (χ3n) is 2.57. The molecule has 0 aliphatic heterocycles. The van der Waals surface area contributed by atoms with Gasteiger partial charge in [-0.1, -0.05) is 6.07 Å². The van der Waals surface area contributed by atoms with Crippen LogP contribution in [0.5, 0.6) is 0 Å². The van der Waals surface area contributed by atoms with Crippen molar-refractivity contribution in [2.45, 2.75) is 6.42 Å². The van der Waals surface area contributed by atoms with Gasteiger partial charge in [0.05, 0.1) is 0 Å². The number of anilines is 1. The summed E-state index contributed by atoms with van der Waals surface area (Å²) in [6, 6.07) is 10.0. The lowest BCUT2D eigenvalue weighted by Gasteiger charge is -2.18. The van der Waals surface area contributed by atoms with Crippen LogP contribution in [0.1, 0.15) is 10.6 Å². The van der Waals surface area contributed by atoms with Crippen molar-refractivity contribution >= 4 is 17.0 Å². The normalized spacial score (nSPS) is 9.88. The van der Waals surface area contributed by atoms with Crippen LogP contribution in [-0.4, -0.2) is 18.6 Å². The topological polar surface area (TPSA) is 39.9 Å². The lowest BCUT2D eigenvalue weighted by Crippen LogP contribution is -2.20. The second-order valence-corrected chi connectivity index (χ2v) is 4.79. The zero-order chi connectivity index (χ0) is 12.1. The lowest BCUT2D eigenvalue weighted by atomic mass is 10.2. The summed E-state index contributed by atoms with van der Waals surface area (Å²) in [5, 5.41) is 10.9. The molecule has 0 fully saturated rings. The first-order chi connectivity index (χ1) is 8.29. The van der Waals surface area contributed by atoms with Gasteiger partial charge in [-0.2, -0.15) is 5.26 Å². The van der Waals surface area contributed by atoms with E-state index in [-0.39, 0.29) is 0 Å². The highest BCUT2D eigenvalue weighted by Crippen LogP contribution is 2.15. The van der Waals surface area contributed by atoms with E-state index in [1.165, 1.54) is 4.88 Å². The van der Waals surface area contributed by atoms with Crippen LogP contribution in [0.4, 0.5) is 5.69 Å². The molecule has 0 spiro atoms. The molecule has 4 heteroatoms. The number of hydrogen-bond donors (Lipinski definition) is 0. The van der Waals surface area contributed by atoms with Crippen LogP contribution in [0.2, 0.25) is 0 Å². The molecule has 0 saturated carbocycles. The molecule has 0 bridgehead atoms. The Kier molecular flexibility index (Phi) is 3.73. The second kappa shape index (κ2) is 5.46. The van der Waals surface area contributed by atoms with Crippen molar-refractivity contribution in [3.63, 3.8) is 0 Å². The number of nitrogens with zero attached hydrogens (tertiary/aromatic N) is 3. The van der Waals surface area contributed by atoms with E-state index in [9.17, 15) is 0 Å². The molecular formula is C13H13N3S. The third kappa shape index (κ3) is 3.05. The van der Waals surface area contributed by atoms with E-state index in [0.717, 1.165) is 18.7 Å². The first kappa shape index (κ1) is 11.6. The summed E-state index contributed by atoms with van der Waals surface area (Å²) in [7, 11) is 2.03. The molecule has 3 nitrogen and oxygen atoms in total. The highest BCUT2D eigenvalue weighted by molar-refractivity contribution is 7.09. The zero-order valence-corrected chi connectivity index (χ0v) is 10.4. The van der Waals surface area contributed by atoms with Gasteiger partial charge in [0, 0.05) is 30.4 Å². The van der Waals surface area contributed by atoms with E-state index in [1.54, 1.807) is 17.5 Å². The lowest BCUT2D eigenvalue weighted by molar-refractivity contribution is 0.885. The van der Waals surface area contributed by atoms with Crippen LogP contribution < -0.4 is 4.90 Å². The van der Waals surface area contributed by atoms with E-state index in [0.29, 0.717) is 5.69 Å². The van der Waals surface area contributed by atoms with Gasteiger partial charge in [-0.3, -0.25) is 0 Å². The maximum absolute atomic E-state index is 8.79. The Morgan fingerprint density at radius 1 is 1.47 bits per heavy atom. The molecule has 2 rings (SSSR count). The predicted octanol–water partition coefficient (Wildman–Crippen LogP) is 2.69. The predicted molar refractivity (Wildman–Crippen MR) is 70.2 cm³/mol. The summed E-state index contributed by atoms with van der Waals surface area (Å²) in [6.45, 7) is 0.940. The van der Waals surface area contributed by atoms with Crippen LogP contribution in [0.3, 0.4) is 0 Å². The summed E-state index contributed by atoms with van der Waals surface area (Å²) < 4.78 is 0. The highest BCUT2D eigenvalue weighted by Gasteiger charge is 2.03. The quantitative estimate of drug-likeness (QED) is 0.829. The van der Waals surface area contributed by atoms with Crippen molar-refractivity contribution in [1.29, 1.82) is 5.26 Å². The van der Waals surface area contributed by atoms with Crippen molar-refractivity contribution in [3.05, 3.63) is 46.4 Å². The summed E-state index contributed by atoms with van der Waals surface area (Å²) >= 11 is 1.78. The summed E-state index contributed by atoms with van der Waals surface area (Å²) in [6.07, 6.45) is 2.70. The molecule has 2 aromatic rings. The molecule has 0 amide bonds. The van der Waals surface area contributed by atoms with Crippen molar-refractivity contribution < 1.29 is 0 Å². The number of hydrogen-bond acceptors (Lipinski definition) is 4. The molecular weight excluding hydrogens is 230 g/mol. The molecule has 0 atom stereocenters. The van der Waals surface area contributed by atoms with Gasteiger partial charge in [0.15, 0.2) is 0 Å². The first-order valence-electron chi connectivity index (χ1n) is 5.39. The molecule has 0 radical (unpaired) electrons. The molecule has 2 aromatic heterocycles. The SMILES string of the molecule is CN(CCc1cccs1)c1ccnc(C#N)c1. The molecule has 86 valence electrons. The summed E-state index contributed by atoms with van der Waals surface area (Å²) in [4.78, 5) is 7.49. The molecule has 0 aromatic carbocycles. The summed E-state index contributed by atoms with van der Waals surface area (Å²) in [5.41, 5.74) is 1.50. The smallest absolute Gasteiger partial charge is 0.142 e. The Labute approximate surface area is 105 Å². The van der Waals surface area contributed by atoms with Gasteiger partial charge < -0.3 is 4.90 Å². The van der Waals surface area contributed by atoms with Crippen molar-refractivity contribution in [3.8, 4) is 6.07 Å². The van der Waals surface area contributed by atoms with Crippen LogP contribution in [0, 0.1) is 11.3 Å². The van der Waals surface area contributed by atoms with Gasteiger partial charge in [-0.25, -0.2) is 4.98 Å². The fourth-order valence-electron chi connectivity index (χ4n) is 1.58. The van der Waals surface area contributed by atoms with Crippen LogP contribution in [0.15, 0.2) is 35.8 Å². The van der Waals surface area contributed by atoms with Gasteiger partial charge in [0.1, 0.15) is 11.8 Å². The number of thiophene rings is 1. The number of aromatic nitrogens is 1. The number of rotatable bonds is 4. The van der Waals surface area contributed by atoms with Gasteiger partial charge >= 0.3 is 0 Å². The first-order valence-corrected chi connectivity index (χ1v) is 6.27. The van der Waals surface area contributed by atoms with E-state index in [4.69, 9.17) is 5.26 Å². The van der Waals surface area contributed by atoms with Crippen LogP contribution in [-0.2, 0) is 6.42 Å². The molecule has 2 heterocycles. The Morgan fingerprint density at radius 2 is 2.35 bits per heavy atom. The monoisotopic (exact) mass is 243 g/mol. The van der Waals surface area contributed by atoms with Crippen molar-refractivity contribution in [1.82, 2.24) is 4.98 Å². The van der Waals surface area contributed by atoms with Gasteiger partial charge in [-0.15, -0.1) is 11.3 Å². The molecule has 0 aliphatic carbocycles. The summed E-state index contributed by atoms with van der Waals surface area (Å²) in [5.74, 6) is 0. The largest absolute Gasteiger partial charge is 0.374 e. The minimum Gasteiger partial charge on any atom is -0.374 e. The Bertz CT molecular complexity index is 514. The fourth-order valence-corrected chi connectivity index (χ4v) is 2.28. The third-order valence-corrected chi connectivity index (χ3v) is 3.51. The van der Waals surface area contributed by atoms with E-state index >= 15 is 0 Å². The fraction of sp³-hybridized carbons (Fsp3) is 0.231. The van der Waals surface area contributed by atoms with Gasteiger partial charge in [-0.05, 0) is 30.0 Å². The Hall–Kier alpha value is -1.86. The highest BCUT2D eigenvalue weighted by atomic mass is 32.1. The van der Waals surface area contributed by atoms with Crippen LogP contribution >= 0.6 is 11.3 Å². The van der Waals surface area contributed by atoms with E-state index < -0.39 is 0 Å². The van der Waals surface area contributed by atoms with E-state index in [1.807, 2.05) is 19.2 Å². The zero-order valence-electron chi connectivity index (χ0n) is 9.63. The minimum absolute atomic E-state index is 0.463. The average Bonchev–Trinajstić information content (AvgIpc) is 2.89. The molecule has 0 aliphatic rings. The minimum atomic E-state index is 0.463. The standard InChI is InChI=1S/C13H13N3S/c1-16(7-5-13-3-2-8-17-13)12-4-6-15-11(9-12)10-14/h2-4,6,8-9H,5,7H2,1H3. The molecule has 0 N–H and O–H groups in total. The van der Waals surface area contributed by atoms with E-state index in [2.05, 4.69) is 33.5 Å². The van der Waals surface area contributed by atoms with Crippen molar-refractivity contribution in [2.24, 2.45) is 0 Å². The van der Waals surface area contributed by atoms with Gasteiger partial charge in [0.25, 0.3) is 0 Å². The Morgan fingerprint density at radius 3 is 3.06 bits per heavy atom. The number of likely N-dealkylation sites (N-methyl/N-ethyl adjacent to an activating group) is 1. The number of nitriles is 1. The average molecular weight is 243 g/mol. The second-order valence-electron chi connectivity index (χ2n) is 3.76. The molecule has 17 heavy (non-hydrogen) atoms. The van der Waals surface area contributed by atoms with Crippen molar-refractivity contribution in [2.75, 3.05) is 18.5 Å². The van der Waals surface area contributed by atoms with Gasteiger partial charge in [0.2, 0.25) is 0 Å². The number of pyridine rings is 1.